The van der Waals surface area contributed by atoms with E-state index in [1.54, 1.807) is 6.07 Å². The van der Waals surface area contributed by atoms with Gasteiger partial charge in [-0.1, -0.05) is 41.9 Å². The number of carbonyl (C=O) groups excluding carboxylic acids is 1. The van der Waals surface area contributed by atoms with Gasteiger partial charge in [0, 0.05) is 18.2 Å². The van der Waals surface area contributed by atoms with Crippen molar-refractivity contribution < 1.29 is 4.79 Å². The number of carbonyl (C=O) groups is 1. The second-order valence-electron chi connectivity index (χ2n) is 5.73. The lowest BCUT2D eigenvalue weighted by molar-refractivity contribution is -0.116. The van der Waals surface area contributed by atoms with Crippen LogP contribution in [0.4, 0.5) is 11.4 Å². The van der Waals surface area contributed by atoms with E-state index < -0.39 is 0 Å². The Morgan fingerprint density at radius 2 is 1.88 bits per heavy atom. The van der Waals surface area contributed by atoms with Gasteiger partial charge in [0.25, 0.3) is 0 Å². The predicted molar refractivity (Wildman–Crippen MR) is 109 cm³/mol. The summed E-state index contributed by atoms with van der Waals surface area (Å²) in [5.74, 6) is -0.000297. The molecule has 0 fully saturated rings. The molecule has 0 aromatic heterocycles. The zero-order valence-electron chi connectivity index (χ0n) is 14.5. The number of halogens is 2. The Balaban J connectivity index is 0.00000312. The van der Waals surface area contributed by atoms with Crippen LogP contribution in [0.25, 0.3) is 0 Å². The van der Waals surface area contributed by atoms with Gasteiger partial charge in [-0.25, -0.2) is 0 Å². The highest BCUT2D eigenvalue weighted by Gasteiger charge is 2.09. The average Bonchev–Trinajstić information content (AvgIpc) is 2.58. The van der Waals surface area contributed by atoms with Gasteiger partial charge in [0.2, 0.25) is 5.91 Å². The summed E-state index contributed by atoms with van der Waals surface area (Å²) in [6.45, 7) is 2.91. The van der Waals surface area contributed by atoms with Crippen molar-refractivity contribution in [3.05, 3.63) is 59.1 Å². The van der Waals surface area contributed by atoms with Crippen molar-refractivity contribution in [2.45, 2.75) is 25.8 Å². The number of anilines is 2. The monoisotopic (exact) mass is 381 g/mol. The fourth-order valence-electron chi connectivity index (χ4n) is 2.42. The van der Waals surface area contributed by atoms with Gasteiger partial charge in [0.05, 0.1) is 10.7 Å². The Labute approximate surface area is 160 Å². The summed E-state index contributed by atoms with van der Waals surface area (Å²) in [6.07, 6.45) is 1.30. The van der Waals surface area contributed by atoms with Crippen LogP contribution in [0.1, 0.15) is 31.4 Å². The summed E-state index contributed by atoms with van der Waals surface area (Å²) in [5, 5.41) is 9.89. The van der Waals surface area contributed by atoms with Gasteiger partial charge < -0.3 is 16.0 Å². The van der Waals surface area contributed by atoms with E-state index in [4.69, 9.17) is 11.6 Å². The van der Waals surface area contributed by atoms with E-state index in [1.165, 1.54) is 5.56 Å². The van der Waals surface area contributed by atoms with Crippen LogP contribution >= 0.6 is 24.0 Å². The Hall–Kier alpha value is -1.75. The lowest BCUT2D eigenvalue weighted by atomic mass is 10.1. The number of nitrogens with one attached hydrogen (secondary N) is 3. The van der Waals surface area contributed by atoms with E-state index in [9.17, 15) is 4.79 Å². The first kappa shape index (κ1) is 21.3. The fourth-order valence-corrected chi connectivity index (χ4v) is 2.65. The molecule has 2 aromatic rings. The van der Waals surface area contributed by atoms with Crippen molar-refractivity contribution in [2.24, 2.45) is 0 Å². The van der Waals surface area contributed by atoms with Crippen LogP contribution in [0.3, 0.4) is 0 Å². The second-order valence-corrected chi connectivity index (χ2v) is 6.13. The Kier molecular flexibility index (Phi) is 9.35. The highest BCUT2D eigenvalue weighted by Crippen LogP contribution is 2.29. The highest BCUT2D eigenvalue weighted by atomic mass is 35.5. The molecule has 0 saturated carbocycles. The van der Waals surface area contributed by atoms with E-state index in [2.05, 4.69) is 35.0 Å². The molecule has 4 nitrogen and oxygen atoms in total. The summed E-state index contributed by atoms with van der Waals surface area (Å²) < 4.78 is 0. The van der Waals surface area contributed by atoms with Gasteiger partial charge in [-0.3, -0.25) is 4.79 Å². The lowest BCUT2D eigenvalue weighted by Gasteiger charge is -2.17. The Bertz CT molecular complexity index is 665. The summed E-state index contributed by atoms with van der Waals surface area (Å²) in [4.78, 5) is 11.8. The maximum Gasteiger partial charge on any atom is 0.224 e. The third-order valence-corrected chi connectivity index (χ3v) is 4.07. The van der Waals surface area contributed by atoms with Crippen molar-refractivity contribution in [2.75, 3.05) is 24.2 Å². The molecule has 0 bridgehead atoms. The quantitative estimate of drug-likeness (QED) is 0.571. The first-order valence-electron chi connectivity index (χ1n) is 8.15. The molecule has 0 radical (unpaired) electrons. The minimum absolute atomic E-state index is 0. The van der Waals surface area contributed by atoms with Crippen LogP contribution in [-0.4, -0.2) is 19.5 Å². The number of hydrogen-bond donors (Lipinski definition) is 3. The molecule has 0 saturated heterocycles. The second kappa shape index (κ2) is 11.0. The van der Waals surface area contributed by atoms with Gasteiger partial charge in [0.1, 0.15) is 0 Å². The molecule has 0 aliphatic carbocycles. The molecule has 0 aliphatic heterocycles. The minimum Gasteiger partial charge on any atom is -0.377 e. The lowest BCUT2D eigenvalue weighted by Crippen LogP contribution is -2.15. The Morgan fingerprint density at radius 1 is 1.16 bits per heavy atom. The average molecular weight is 382 g/mol. The summed E-state index contributed by atoms with van der Waals surface area (Å²) in [7, 11) is 1.87. The molecule has 2 rings (SSSR count). The van der Waals surface area contributed by atoms with Crippen LogP contribution < -0.4 is 16.0 Å². The SMILES string of the molecule is CNCCCC(=O)Nc1ccc(NC(C)c2ccccc2)c(Cl)c1.Cl. The number of benzene rings is 2. The standard InChI is InChI=1S/C19H24ClN3O.ClH/c1-14(15-7-4-3-5-8-15)22-18-11-10-16(13-17(18)20)23-19(24)9-6-12-21-2;/h3-5,7-8,10-11,13-14,21-22H,6,9,12H2,1-2H3,(H,23,24);1H. The Morgan fingerprint density at radius 3 is 2.52 bits per heavy atom. The zero-order chi connectivity index (χ0) is 17.4. The molecule has 0 spiro atoms. The van der Waals surface area contributed by atoms with Crippen LogP contribution in [0.5, 0.6) is 0 Å². The van der Waals surface area contributed by atoms with Crippen LogP contribution in [-0.2, 0) is 4.79 Å². The summed E-state index contributed by atoms with van der Waals surface area (Å²) >= 11 is 6.35. The van der Waals surface area contributed by atoms with Gasteiger partial charge in [-0.15, -0.1) is 12.4 Å². The van der Waals surface area contributed by atoms with E-state index in [0.717, 1.165) is 18.7 Å². The molecular formula is C19H25Cl2N3O. The molecule has 0 aliphatic rings. The molecular weight excluding hydrogens is 357 g/mol. The number of hydrogen-bond acceptors (Lipinski definition) is 3. The van der Waals surface area contributed by atoms with Crippen molar-refractivity contribution in [1.82, 2.24) is 5.32 Å². The molecule has 0 heterocycles. The fraction of sp³-hybridized carbons (Fsp3) is 0.316. The molecule has 25 heavy (non-hydrogen) atoms. The predicted octanol–water partition coefficient (Wildman–Crippen LogP) is 4.87. The minimum atomic E-state index is -0.000297. The molecule has 1 unspecified atom stereocenters. The largest absolute Gasteiger partial charge is 0.377 e. The number of amides is 1. The smallest absolute Gasteiger partial charge is 0.224 e. The van der Waals surface area contributed by atoms with E-state index in [0.29, 0.717) is 17.1 Å². The molecule has 1 amide bonds. The molecule has 136 valence electrons. The first-order valence-corrected chi connectivity index (χ1v) is 8.53. The van der Waals surface area contributed by atoms with Gasteiger partial charge in [-0.05, 0) is 50.7 Å². The van der Waals surface area contributed by atoms with Gasteiger partial charge in [-0.2, -0.15) is 0 Å². The number of rotatable bonds is 8. The molecule has 3 N–H and O–H groups in total. The van der Waals surface area contributed by atoms with Crippen LogP contribution in [0.15, 0.2) is 48.5 Å². The zero-order valence-corrected chi connectivity index (χ0v) is 16.1. The summed E-state index contributed by atoms with van der Waals surface area (Å²) in [5.41, 5.74) is 2.75. The van der Waals surface area contributed by atoms with Crippen molar-refractivity contribution >= 4 is 41.3 Å². The third kappa shape index (κ3) is 6.94. The van der Waals surface area contributed by atoms with Crippen molar-refractivity contribution in [1.29, 1.82) is 0 Å². The topological polar surface area (TPSA) is 53.2 Å². The van der Waals surface area contributed by atoms with Crippen LogP contribution in [0, 0.1) is 0 Å². The normalized spacial score (nSPS) is 11.3. The molecule has 2 aromatic carbocycles. The maximum absolute atomic E-state index is 11.8. The van der Waals surface area contributed by atoms with Crippen LogP contribution in [0.2, 0.25) is 5.02 Å². The maximum atomic E-state index is 11.8. The van der Waals surface area contributed by atoms with E-state index in [-0.39, 0.29) is 24.4 Å². The third-order valence-electron chi connectivity index (χ3n) is 3.76. The molecule has 6 heteroatoms. The van der Waals surface area contributed by atoms with Gasteiger partial charge >= 0.3 is 0 Å². The molecule has 1 atom stereocenters. The van der Waals surface area contributed by atoms with Crippen molar-refractivity contribution in [3.8, 4) is 0 Å². The highest BCUT2D eigenvalue weighted by molar-refractivity contribution is 6.33. The van der Waals surface area contributed by atoms with Crippen molar-refractivity contribution in [3.63, 3.8) is 0 Å². The van der Waals surface area contributed by atoms with E-state index in [1.807, 2.05) is 37.4 Å². The summed E-state index contributed by atoms with van der Waals surface area (Å²) in [6, 6.07) is 15.9. The van der Waals surface area contributed by atoms with E-state index >= 15 is 0 Å². The van der Waals surface area contributed by atoms with Gasteiger partial charge in [0.15, 0.2) is 0 Å². The first-order chi connectivity index (χ1) is 11.6.